The van der Waals surface area contributed by atoms with Gasteiger partial charge in [-0.15, -0.1) is 0 Å². The first-order chi connectivity index (χ1) is 18.5. The average Bonchev–Trinajstić information content (AvgIpc) is 3.44. The van der Waals surface area contributed by atoms with Crippen LogP contribution in [0.15, 0.2) is 82.7 Å². The molecule has 8 heteroatoms. The molecule has 1 aliphatic rings. The van der Waals surface area contributed by atoms with E-state index in [0.717, 1.165) is 42.5 Å². The molecule has 3 aromatic carbocycles. The normalized spacial score (nSPS) is 13.5. The van der Waals surface area contributed by atoms with Gasteiger partial charge in [-0.05, 0) is 61.7 Å². The fraction of sp³-hybridized carbons (Fsp3) is 0.267. The molecule has 1 fully saturated rings. The summed E-state index contributed by atoms with van der Waals surface area (Å²) in [6.07, 6.45) is 4.38. The van der Waals surface area contributed by atoms with Gasteiger partial charge in [0.05, 0.1) is 23.2 Å². The molecule has 0 spiro atoms. The van der Waals surface area contributed by atoms with E-state index in [0.29, 0.717) is 21.6 Å². The number of benzene rings is 3. The van der Waals surface area contributed by atoms with E-state index < -0.39 is 0 Å². The minimum absolute atomic E-state index is 0.0659. The molecule has 0 atom stereocenters. The fourth-order valence-electron chi connectivity index (χ4n) is 4.64. The number of hydrogen-bond donors (Lipinski definition) is 2. The first kappa shape index (κ1) is 25.7. The van der Waals surface area contributed by atoms with Gasteiger partial charge in [0.2, 0.25) is 5.91 Å². The summed E-state index contributed by atoms with van der Waals surface area (Å²) in [5, 5.41) is 6.98. The summed E-state index contributed by atoms with van der Waals surface area (Å²) in [4.78, 5) is 43.4. The van der Waals surface area contributed by atoms with Gasteiger partial charge < -0.3 is 10.6 Å². The number of carbonyl (C=O) groups excluding carboxylic acids is 2. The van der Waals surface area contributed by atoms with Gasteiger partial charge >= 0.3 is 0 Å². The number of carbonyl (C=O) groups is 2. The number of thioether (sulfide) groups is 1. The van der Waals surface area contributed by atoms with Gasteiger partial charge in [-0.1, -0.05) is 66.6 Å². The van der Waals surface area contributed by atoms with Crippen LogP contribution in [0, 0.1) is 6.92 Å². The van der Waals surface area contributed by atoms with E-state index >= 15 is 0 Å². The number of rotatable bonds is 8. The molecular formula is C30H30N4O3S. The Kier molecular flexibility index (Phi) is 7.89. The number of para-hydroxylation sites is 1. The molecule has 4 aromatic rings. The van der Waals surface area contributed by atoms with E-state index in [1.165, 1.54) is 11.8 Å². The van der Waals surface area contributed by atoms with Crippen molar-refractivity contribution in [3.63, 3.8) is 0 Å². The van der Waals surface area contributed by atoms with Crippen molar-refractivity contribution in [2.24, 2.45) is 0 Å². The van der Waals surface area contributed by atoms with Crippen molar-refractivity contribution in [2.75, 3.05) is 11.1 Å². The Balaban J connectivity index is 1.34. The van der Waals surface area contributed by atoms with Crippen LogP contribution in [0.2, 0.25) is 0 Å². The van der Waals surface area contributed by atoms with Crippen LogP contribution in [0.25, 0.3) is 10.9 Å². The number of fused-ring (bicyclic) bond motifs is 1. The maximum Gasteiger partial charge on any atom is 0.262 e. The summed E-state index contributed by atoms with van der Waals surface area (Å²) in [6.45, 7) is 2.27. The summed E-state index contributed by atoms with van der Waals surface area (Å²) in [5.74, 6) is -0.131. The van der Waals surface area contributed by atoms with Crippen LogP contribution in [-0.4, -0.2) is 33.2 Å². The molecule has 1 heterocycles. The van der Waals surface area contributed by atoms with Crippen molar-refractivity contribution in [3.8, 4) is 0 Å². The van der Waals surface area contributed by atoms with Gasteiger partial charge in [-0.25, -0.2) is 4.98 Å². The Labute approximate surface area is 225 Å². The SMILES string of the molecule is Cc1ccc(NC(=O)CSc2nc3ccccc3c(=O)n2Cc2ccc(C(=O)NC3CCCC3)cc2)cc1. The van der Waals surface area contributed by atoms with Crippen molar-refractivity contribution in [1.29, 1.82) is 0 Å². The fourth-order valence-corrected chi connectivity index (χ4v) is 5.44. The number of aryl methyl sites for hydroxylation is 1. The van der Waals surface area contributed by atoms with Gasteiger partial charge in [-0.2, -0.15) is 0 Å². The summed E-state index contributed by atoms with van der Waals surface area (Å²) >= 11 is 1.23. The monoisotopic (exact) mass is 526 g/mol. The molecule has 0 bridgehead atoms. The van der Waals surface area contributed by atoms with Crippen molar-refractivity contribution in [1.82, 2.24) is 14.9 Å². The summed E-state index contributed by atoms with van der Waals surface area (Å²) in [6, 6.07) is 22.4. The molecule has 0 radical (unpaired) electrons. The standard InChI is InChI=1S/C30H30N4O3S/c1-20-10-16-24(17-11-20)31-27(35)19-38-30-33-26-9-5-4-8-25(26)29(37)34(30)18-21-12-14-22(15-13-21)28(36)32-23-6-2-3-7-23/h4-5,8-17,23H,2-3,6-7,18-19H2,1H3,(H,31,35)(H,32,36). The molecule has 1 aliphatic carbocycles. The molecule has 0 saturated heterocycles. The minimum Gasteiger partial charge on any atom is -0.349 e. The molecule has 2 amide bonds. The van der Waals surface area contributed by atoms with Gasteiger partial charge in [0.25, 0.3) is 11.5 Å². The molecule has 0 aliphatic heterocycles. The second-order valence-electron chi connectivity index (χ2n) is 9.66. The first-order valence-corrected chi connectivity index (χ1v) is 13.8. The molecule has 5 rings (SSSR count). The van der Waals surface area contributed by atoms with E-state index in [9.17, 15) is 14.4 Å². The smallest absolute Gasteiger partial charge is 0.262 e. The highest BCUT2D eigenvalue weighted by Gasteiger charge is 2.18. The van der Waals surface area contributed by atoms with E-state index in [1.54, 1.807) is 28.8 Å². The number of aromatic nitrogens is 2. The molecule has 7 nitrogen and oxygen atoms in total. The number of nitrogens with one attached hydrogen (secondary N) is 2. The van der Waals surface area contributed by atoms with Crippen molar-refractivity contribution in [3.05, 3.63) is 99.8 Å². The quantitative estimate of drug-likeness (QED) is 0.245. The van der Waals surface area contributed by atoms with Crippen molar-refractivity contribution in [2.45, 2.75) is 50.4 Å². The molecule has 38 heavy (non-hydrogen) atoms. The Morgan fingerprint density at radius 3 is 2.42 bits per heavy atom. The first-order valence-electron chi connectivity index (χ1n) is 12.8. The second kappa shape index (κ2) is 11.6. The minimum atomic E-state index is -0.176. The highest BCUT2D eigenvalue weighted by atomic mass is 32.2. The van der Waals surface area contributed by atoms with E-state index in [2.05, 4.69) is 10.6 Å². The predicted molar refractivity (Wildman–Crippen MR) is 152 cm³/mol. The van der Waals surface area contributed by atoms with Crippen LogP contribution in [0.1, 0.15) is 47.2 Å². The van der Waals surface area contributed by atoms with Crippen molar-refractivity contribution < 1.29 is 9.59 Å². The Morgan fingerprint density at radius 1 is 0.974 bits per heavy atom. The van der Waals surface area contributed by atoms with Crippen molar-refractivity contribution >= 4 is 40.2 Å². The van der Waals surface area contributed by atoms with E-state index in [1.807, 2.05) is 55.5 Å². The maximum absolute atomic E-state index is 13.4. The number of anilines is 1. The molecule has 1 saturated carbocycles. The molecule has 2 N–H and O–H groups in total. The van der Waals surface area contributed by atoms with Crippen LogP contribution in [0.3, 0.4) is 0 Å². The Hall–Kier alpha value is -3.91. The molecule has 0 unspecified atom stereocenters. The van der Waals surface area contributed by atoms with Crippen LogP contribution in [-0.2, 0) is 11.3 Å². The maximum atomic E-state index is 13.4. The molecule has 194 valence electrons. The third-order valence-corrected chi connectivity index (χ3v) is 7.72. The number of nitrogens with zero attached hydrogens (tertiary/aromatic N) is 2. The van der Waals surface area contributed by atoms with Gasteiger partial charge in [0.15, 0.2) is 5.16 Å². The lowest BCUT2D eigenvalue weighted by Crippen LogP contribution is -2.32. The van der Waals surface area contributed by atoms with E-state index in [-0.39, 0.29) is 35.7 Å². The van der Waals surface area contributed by atoms with Crippen LogP contribution in [0.4, 0.5) is 5.69 Å². The average molecular weight is 527 g/mol. The largest absolute Gasteiger partial charge is 0.349 e. The summed E-state index contributed by atoms with van der Waals surface area (Å²) < 4.78 is 1.60. The lowest BCUT2D eigenvalue weighted by molar-refractivity contribution is -0.113. The van der Waals surface area contributed by atoms with E-state index in [4.69, 9.17) is 4.98 Å². The second-order valence-corrected chi connectivity index (χ2v) is 10.6. The highest BCUT2D eigenvalue weighted by Crippen LogP contribution is 2.21. The van der Waals surface area contributed by atoms with Gasteiger partial charge in [0, 0.05) is 17.3 Å². The van der Waals surface area contributed by atoms with Crippen LogP contribution >= 0.6 is 11.8 Å². The van der Waals surface area contributed by atoms with Crippen LogP contribution < -0.4 is 16.2 Å². The highest BCUT2D eigenvalue weighted by molar-refractivity contribution is 7.99. The predicted octanol–water partition coefficient (Wildman–Crippen LogP) is 5.16. The Bertz CT molecular complexity index is 1510. The third kappa shape index (κ3) is 6.14. The molecular weight excluding hydrogens is 496 g/mol. The van der Waals surface area contributed by atoms with Gasteiger partial charge in [-0.3, -0.25) is 19.0 Å². The number of hydrogen-bond acceptors (Lipinski definition) is 5. The molecule has 1 aromatic heterocycles. The lowest BCUT2D eigenvalue weighted by Gasteiger charge is -2.14. The third-order valence-electron chi connectivity index (χ3n) is 6.74. The summed E-state index contributed by atoms with van der Waals surface area (Å²) in [5.41, 5.74) is 3.74. The summed E-state index contributed by atoms with van der Waals surface area (Å²) in [7, 11) is 0. The zero-order chi connectivity index (χ0) is 26.5. The van der Waals surface area contributed by atoms with Crippen LogP contribution in [0.5, 0.6) is 0 Å². The lowest BCUT2D eigenvalue weighted by atomic mass is 10.1. The zero-order valence-electron chi connectivity index (χ0n) is 21.3. The topological polar surface area (TPSA) is 93.1 Å². The zero-order valence-corrected chi connectivity index (χ0v) is 22.1. The number of amides is 2. The van der Waals surface area contributed by atoms with Gasteiger partial charge in [0.1, 0.15) is 0 Å². The Morgan fingerprint density at radius 2 is 1.68 bits per heavy atom.